The van der Waals surface area contributed by atoms with E-state index in [0.29, 0.717) is 35.5 Å². The fourth-order valence-electron chi connectivity index (χ4n) is 4.31. The number of benzene rings is 2. The van der Waals surface area contributed by atoms with Gasteiger partial charge in [0.15, 0.2) is 0 Å². The SMILES string of the molecule is Cc1ccc(C2=C(N3CC(C)OC(C)C3)C(=O)N(Cc3ccccc3F)C2=O)cc1C. The van der Waals surface area contributed by atoms with Crippen molar-refractivity contribution in [3.8, 4) is 0 Å². The molecule has 2 heterocycles. The van der Waals surface area contributed by atoms with Gasteiger partial charge in [-0.1, -0.05) is 36.4 Å². The highest BCUT2D eigenvalue weighted by Crippen LogP contribution is 2.35. The zero-order chi connectivity index (χ0) is 22.3. The number of halogens is 1. The second kappa shape index (κ2) is 8.27. The van der Waals surface area contributed by atoms with Gasteiger partial charge in [0.1, 0.15) is 11.5 Å². The Morgan fingerprint density at radius 1 is 0.968 bits per heavy atom. The van der Waals surface area contributed by atoms with Gasteiger partial charge in [0, 0.05) is 18.7 Å². The van der Waals surface area contributed by atoms with Crippen LogP contribution in [0.1, 0.15) is 36.1 Å². The summed E-state index contributed by atoms with van der Waals surface area (Å²) in [6.45, 7) is 8.83. The van der Waals surface area contributed by atoms with E-state index in [0.717, 1.165) is 16.0 Å². The van der Waals surface area contributed by atoms with Crippen LogP contribution in [0, 0.1) is 19.7 Å². The monoisotopic (exact) mass is 422 g/mol. The molecular formula is C25H27FN2O3. The molecule has 0 aromatic heterocycles. The van der Waals surface area contributed by atoms with E-state index in [1.165, 1.54) is 6.07 Å². The minimum absolute atomic E-state index is 0.0687. The molecular weight excluding hydrogens is 395 g/mol. The second-order valence-corrected chi connectivity index (χ2v) is 8.47. The average molecular weight is 423 g/mol. The van der Waals surface area contributed by atoms with Crippen LogP contribution in [0.5, 0.6) is 0 Å². The van der Waals surface area contributed by atoms with Crippen molar-refractivity contribution in [1.29, 1.82) is 0 Å². The number of nitrogens with zero attached hydrogens (tertiary/aromatic N) is 2. The molecule has 0 bridgehead atoms. The normalized spacial score (nSPS) is 22.0. The van der Waals surface area contributed by atoms with E-state index in [4.69, 9.17) is 4.74 Å². The molecule has 162 valence electrons. The van der Waals surface area contributed by atoms with Crippen LogP contribution in [-0.4, -0.2) is 46.9 Å². The molecule has 1 fully saturated rings. The first-order valence-corrected chi connectivity index (χ1v) is 10.6. The number of morpholine rings is 1. The predicted octanol–water partition coefficient (Wildman–Crippen LogP) is 3.83. The van der Waals surface area contributed by atoms with Crippen molar-refractivity contribution in [3.63, 3.8) is 0 Å². The summed E-state index contributed by atoms with van der Waals surface area (Å²) in [5, 5.41) is 0. The van der Waals surface area contributed by atoms with Crippen molar-refractivity contribution < 1.29 is 18.7 Å². The Bertz CT molecular complexity index is 1070. The minimum Gasteiger partial charge on any atom is -0.372 e. The fourth-order valence-corrected chi connectivity index (χ4v) is 4.31. The summed E-state index contributed by atoms with van der Waals surface area (Å²) in [5.41, 5.74) is 3.94. The molecule has 4 rings (SSSR count). The Morgan fingerprint density at radius 3 is 2.29 bits per heavy atom. The molecule has 2 amide bonds. The minimum atomic E-state index is -0.433. The van der Waals surface area contributed by atoms with Crippen molar-refractivity contribution in [2.75, 3.05) is 13.1 Å². The second-order valence-electron chi connectivity index (χ2n) is 8.47. The molecule has 0 radical (unpaired) electrons. The number of rotatable bonds is 4. The lowest BCUT2D eigenvalue weighted by Gasteiger charge is -2.37. The Labute approximate surface area is 182 Å². The average Bonchev–Trinajstić information content (AvgIpc) is 2.95. The number of carbonyl (C=O) groups excluding carboxylic acids is 2. The lowest BCUT2D eigenvalue weighted by molar-refractivity contribution is -0.139. The molecule has 2 aromatic rings. The van der Waals surface area contributed by atoms with Gasteiger partial charge in [-0.2, -0.15) is 0 Å². The summed E-state index contributed by atoms with van der Waals surface area (Å²) in [6, 6.07) is 12.0. The third-order valence-electron chi connectivity index (χ3n) is 5.96. The van der Waals surface area contributed by atoms with Crippen LogP contribution in [0.2, 0.25) is 0 Å². The maximum atomic E-state index is 14.3. The Morgan fingerprint density at radius 2 is 1.65 bits per heavy atom. The van der Waals surface area contributed by atoms with Gasteiger partial charge in [-0.15, -0.1) is 0 Å². The Balaban J connectivity index is 1.79. The van der Waals surface area contributed by atoms with Crippen LogP contribution in [0.25, 0.3) is 5.57 Å². The van der Waals surface area contributed by atoms with Gasteiger partial charge in [-0.05, 0) is 50.5 Å². The van der Waals surface area contributed by atoms with Crippen LogP contribution in [0.15, 0.2) is 48.2 Å². The van der Waals surface area contributed by atoms with Crippen LogP contribution in [-0.2, 0) is 20.9 Å². The third-order valence-corrected chi connectivity index (χ3v) is 5.96. The van der Waals surface area contributed by atoms with Gasteiger partial charge in [0.05, 0.1) is 24.3 Å². The molecule has 2 aromatic carbocycles. The van der Waals surface area contributed by atoms with Crippen molar-refractivity contribution in [1.82, 2.24) is 9.80 Å². The molecule has 0 N–H and O–H groups in total. The smallest absolute Gasteiger partial charge is 0.278 e. The topological polar surface area (TPSA) is 49.9 Å². The first-order chi connectivity index (χ1) is 14.8. The number of hydrogen-bond donors (Lipinski definition) is 0. The molecule has 6 heteroatoms. The van der Waals surface area contributed by atoms with E-state index in [1.807, 2.05) is 50.8 Å². The molecule has 31 heavy (non-hydrogen) atoms. The van der Waals surface area contributed by atoms with Gasteiger partial charge in [0.2, 0.25) is 0 Å². The zero-order valence-corrected chi connectivity index (χ0v) is 18.3. The van der Waals surface area contributed by atoms with E-state index >= 15 is 0 Å². The van der Waals surface area contributed by atoms with Gasteiger partial charge in [-0.25, -0.2) is 4.39 Å². The molecule has 0 aliphatic carbocycles. The summed E-state index contributed by atoms with van der Waals surface area (Å²) in [7, 11) is 0. The maximum Gasteiger partial charge on any atom is 0.278 e. The summed E-state index contributed by atoms with van der Waals surface area (Å²) in [5.74, 6) is -1.21. The van der Waals surface area contributed by atoms with Crippen molar-refractivity contribution in [3.05, 3.63) is 76.2 Å². The number of amides is 2. The summed E-state index contributed by atoms with van der Waals surface area (Å²) < 4.78 is 20.1. The van der Waals surface area contributed by atoms with Gasteiger partial charge < -0.3 is 9.64 Å². The third kappa shape index (κ3) is 4.00. The van der Waals surface area contributed by atoms with Crippen molar-refractivity contribution in [2.45, 2.75) is 46.4 Å². The number of imide groups is 1. The molecule has 0 spiro atoms. The van der Waals surface area contributed by atoms with E-state index in [1.54, 1.807) is 18.2 Å². The van der Waals surface area contributed by atoms with Crippen molar-refractivity contribution in [2.24, 2.45) is 0 Å². The van der Waals surface area contributed by atoms with E-state index < -0.39 is 11.7 Å². The van der Waals surface area contributed by atoms with Gasteiger partial charge in [0.25, 0.3) is 11.8 Å². The number of aryl methyl sites for hydroxylation is 2. The largest absolute Gasteiger partial charge is 0.372 e. The highest BCUT2D eigenvalue weighted by atomic mass is 19.1. The molecule has 2 atom stereocenters. The van der Waals surface area contributed by atoms with E-state index in [-0.39, 0.29) is 24.7 Å². The predicted molar refractivity (Wildman–Crippen MR) is 116 cm³/mol. The Kier molecular flexibility index (Phi) is 5.67. The Hall–Kier alpha value is -2.99. The lowest BCUT2D eigenvalue weighted by atomic mass is 9.99. The first kappa shape index (κ1) is 21.2. The maximum absolute atomic E-state index is 14.3. The molecule has 2 unspecified atom stereocenters. The molecule has 2 aliphatic heterocycles. The molecule has 2 aliphatic rings. The number of ether oxygens (including phenoxy) is 1. The van der Waals surface area contributed by atoms with Gasteiger partial charge >= 0.3 is 0 Å². The number of hydrogen-bond acceptors (Lipinski definition) is 4. The van der Waals surface area contributed by atoms with E-state index in [9.17, 15) is 14.0 Å². The first-order valence-electron chi connectivity index (χ1n) is 10.6. The summed E-state index contributed by atoms with van der Waals surface area (Å²) in [6.07, 6.45) is -0.137. The van der Waals surface area contributed by atoms with Crippen LogP contribution < -0.4 is 0 Å². The number of carbonyl (C=O) groups is 2. The lowest BCUT2D eigenvalue weighted by Crippen LogP contribution is -2.46. The zero-order valence-electron chi connectivity index (χ0n) is 18.3. The van der Waals surface area contributed by atoms with Crippen LogP contribution in [0.4, 0.5) is 4.39 Å². The van der Waals surface area contributed by atoms with Crippen LogP contribution in [0.3, 0.4) is 0 Å². The molecule has 0 saturated carbocycles. The quantitative estimate of drug-likeness (QED) is 0.703. The highest BCUT2D eigenvalue weighted by Gasteiger charge is 2.43. The van der Waals surface area contributed by atoms with Crippen molar-refractivity contribution >= 4 is 17.4 Å². The summed E-state index contributed by atoms with van der Waals surface area (Å²) >= 11 is 0. The molecule has 1 saturated heterocycles. The summed E-state index contributed by atoms with van der Waals surface area (Å²) in [4.78, 5) is 30.1. The standard InChI is InChI=1S/C25H27FN2O3/c1-15-9-10-19(11-16(15)2)22-23(27-12-17(3)31-18(4)13-27)25(30)28(24(22)29)14-20-7-5-6-8-21(20)26/h5-11,17-18H,12-14H2,1-4H3. The van der Waals surface area contributed by atoms with Crippen LogP contribution >= 0.6 is 0 Å². The molecule has 5 nitrogen and oxygen atoms in total. The van der Waals surface area contributed by atoms with E-state index in [2.05, 4.69) is 0 Å². The highest BCUT2D eigenvalue weighted by molar-refractivity contribution is 6.35. The van der Waals surface area contributed by atoms with Gasteiger partial charge in [-0.3, -0.25) is 14.5 Å². The fraction of sp³-hybridized carbons (Fsp3) is 0.360.